The summed E-state index contributed by atoms with van der Waals surface area (Å²) in [7, 11) is 0. The second-order valence-electron chi connectivity index (χ2n) is 4.30. The minimum absolute atomic E-state index is 0.167. The lowest BCUT2D eigenvalue weighted by Crippen LogP contribution is -2.09. The van der Waals surface area contributed by atoms with Crippen LogP contribution in [-0.2, 0) is 0 Å². The normalized spacial score (nSPS) is 12.6. The van der Waals surface area contributed by atoms with Gasteiger partial charge in [-0.15, -0.1) is 11.3 Å². The zero-order chi connectivity index (χ0) is 14.1. The smallest absolute Gasteiger partial charge is 0.0843 e. The molecule has 0 bridgehead atoms. The summed E-state index contributed by atoms with van der Waals surface area (Å²) in [6.07, 6.45) is 3.79. The number of para-hydroxylation sites is 1. The predicted octanol–water partition coefficient (Wildman–Crippen LogP) is 4.51. The van der Waals surface area contributed by atoms with Gasteiger partial charge in [0.25, 0.3) is 0 Å². The van der Waals surface area contributed by atoms with E-state index in [1.54, 1.807) is 11.3 Å². The summed E-state index contributed by atoms with van der Waals surface area (Å²) in [5, 5.41) is 4.38. The van der Waals surface area contributed by atoms with Gasteiger partial charge in [-0.25, -0.2) is 4.68 Å². The molecule has 1 unspecified atom stereocenters. The second-order valence-corrected chi connectivity index (χ2v) is 7.56. The zero-order valence-electron chi connectivity index (χ0n) is 10.3. The molecule has 0 aliphatic carbocycles. The van der Waals surface area contributed by atoms with E-state index >= 15 is 0 Å². The van der Waals surface area contributed by atoms with Gasteiger partial charge in [-0.05, 0) is 50.1 Å². The lowest BCUT2D eigenvalue weighted by atomic mass is 10.1. The lowest BCUT2D eigenvalue weighted by Gasteiger charge is -2.06. The van der Waals surface area contributed by atoms with Gasteiger partial charge in [0.2, 0.25) is 0 Å². The highest BCUT2D eigenvalue weighted by molar-refractivity contribution is 9.13. The number of halogens is 2. The quantitative estimate of drug-likeness (QED) is 0.687. The number of hydrogen-bond donors (Lipinski definition) is 1. The number of benzene rings is 1. The Morgan fingerprint density at radius 3 is 2.60 bits per heavy atom. The molecule has 0 amide bonds. The molecule has 3 nitrogen and oxygen atoms in total. The van der Waals surface area contributed by atoms with Gasteiger partial charge in [0.1, 0.15) is 0 Å². The van der Waals surface area contributed by atoms with E-state index < -0.39 is 0 Å². The largest absolute Gasteiger partial charge is 0.320 e. The van der Waals surface area contributed by atoms with Crippen LogP contribution in [0, 0.1) is 0 Å². The molecule has 2 aromatic heterocycles. The SMILES string of the molecule is NC(c1cnn(-c2ccccc2)c1)c1cc(Br)c(Br)s1. The van der Waals surface area contributed by atoms with Crippen LogP contribution < -0.4 is 5.73 Å². The van der Waals surface area contributed by atoms with Crippen LogP contribution >= 0.6 is 43.2 Å². The summed E-state index contributed by atoms with van der Waals surface area (Å²) in [4.78, 5) is 1.09. The highest BCUT2D eigenvalue weighted by atomic mass is 79.9. The Labute approximate surface area is 137 Å². The van der Waals surface area contributed by atoms with E-state index in [-0.39, 0.29) is 6.04 Å². The Kier molecular flexibility index (Phi) is 4.07. The minimum Gasteiger partial charge on any atom is -0.320 e. The molecular weight excluding hydrogens is 402 g/mol. The van der Waals surface area contributed by atoms with E-state index in [0.717, 1.165) is 24.4 Å². The maximum absolute atomic E-state index is 6.31. The number of nitrogens with two attached hydrogens (primary N) is 1. The standard InChI is InChI=1S/C14H11Br2N3S/c15-11-6-12(20-14(11)16)13(17)9-7-18-19(8-9)10-4-2-1-3-5-10/h1-8,13H,17H2. The van der Waals surface area contributed by atoms with E-state index in [2.05, 4.69) is 37.0 Å². The van der Waals surface area contributed by atoms with Crippen molar-refractivity contribution in [3.63, 3.8) is 0 Å². The molecule has 0 fully saturated rings. The molecule has 0 aliphatic heterocycles. The van der Waals surface area contributed by atoms with Crippen LogP contribution in [0.15, 0.2) is 57.1 Å². The summed E-state index contributed by atoms with van der Waals surface area (Å²) >= 11 is 8.61. The first-order chi connectivity index (χ1) is 9.65. The molecule has 3 aromatic rings. The first kappa shape index (κ1) is 14.0. The van der Waals surface area contributed by atoms with Crippen molar-refractivity contribution in [1.82, 2.24) is 9.78 Å². The third-order valence-electron chi connectivity index (χ3n) is 2.95. The summed E-state index contributed by atoms with van der Waals surface area (Å²) in [6.45, 7) is 0. The Bertz CT molecular complexity index is 702. The van der Waals surface area contributed by atoms with Gasteiger partial charge >= 0.3 is 0 Å². The van der Waals surface area contributed by atoms with Gasteiger partial charge in [-0.3, -0.25) is 0 Å². The zero-order valence-corrected chi connectivity index (χ0v) is 14.3. The van der Waals surface area contributed by atoms with Gasteiger partial charge in [0, 0.05) is 21.1 Å². The van der Waals surface area contributed by atoms with Gasteiger partial charge < -0.3 is 5.73 Å². The summed E-state index contributed by atoms with van der Waals surface area (Å²) in [6, 6.07) is 11.9. The summed E-state index contributed by atoms with van der Waals surface area (Å²) < 4.78 is 3.93. The molecule has 0 aliphatic rings. The van der Waals surface area contributed by atoms with E-state index in [1.165, 1.54) is 0 Å². The molecule has 3 rings (SSSR count). The first-order valence-electron chi connectivity index (χ1n) is 5.95. The molecule has 0 saturated heterocycles. The van der Waals surface area contributed by atoms with Gasteiger partial charge in [-0.2, -0.15) is 5.10 Å². The molecule has 0 spiro atoms. The minimum atomic E-state index is -0.167. The van der Waals surface area contributed by atoms with E-state index in [1.807, 2.05) is 53.5 Å². The number of aromatic nitrogens is 2. The van der Waals surface area contributed by atoms with Crippen molar-refractivity contribution >= 4 is 43.2 Å². The third kappa shape index (κ3) is 2.74. The predicted molar refractivity (Wildman–Crippen MR) is 89.3 cm³/mol. The Balaban J connectivity index is 1.90. The monoisotopic (exact) mass is 411 g/mol. The average molecular weight is 413 g/mol. The van der Waals surface area contributed by atoms with Gasteiger partial charge in [0.15, 0.2) is 0 Å². The number of hydrogen-bond acceptors (Lipinski definition) is 3. The van der Waals surface area contributed by atoms with E-state index in [0.29, 0.717) is 0 Å². The van der Waals surface area contributed by atoms with Crippen molar-refractivity contribution in [3.05, 3.63) is 67.5 Å². The Morgan fingerprint density at radius 2 is 1.95 bits per heavy atom. The first-order valence-corrected chi connectivity index (χ1v) is 8.35. The Hall–Kier alpha value is -0.950. The molecule has 1 aromatic carbocycles. The second kappa shape index (κ2) is 5.81. The summed E-state index contributed by atoms with van der Waals surface area (Å²) in [5.74, 6) is 0. The van der Waals surface area contributed by atoms with Crippen LogP contribution in [0.5, 0.6) is 0 Å². The average Bonchev–Trinajstić information content (AvgIpc) is 3.07. The topological polar surface area (TPSA) is 43.8 Å². The fourth-order valence-corrected chi connectivity index (χ4v) is 4.02. The molecule has 20 heavy (non-hydrogen) atoms. The van der Waals surface area contributed by atoms with Gasteiger partial charge in [-0.1, -0.05) is 18.2 Å². The van der Waals surface area contributed by atoms with Crippen LogP contribution in [0.25, 0.3) is 5.69 Å². The fourth-order valence-electron chi connectivity index (χ4n) is 1.90. The molecule has 102 valence electrons. The molecule has 2 N–H and O–H groups in total. The number of nitrogens with zero attached hydrogens (tertiary/aromatic N) is 2. The number of thiophene rings is 1. The van der Waals surface area contributed by atoms with E-state index in [4.69, 9.17) is 5.73 Å². The number of rotatable bonds is 3. The van der Waals surface area contributed by atoms with Crippen LogP contribution in [0.1, 0.15) is 16.5 Å². The van der Waals surface area contributed by atoms with Crippen molar-refractivity contribution in [2.24, 2.45) is 5.73 Å². The fraction of sp³-hybridized carbons (Fsp3) is 0.0714. The maximum Gasteiger partial charge on any atom is 0.0843 e. The molecule has 0 radical (unpaired) electrons. The Morgan fingerprint density at radius 1 is 1.20 bits per heavy atom. The van der Waals surface area contributed by atoms with Crippen molar-refractivity contribution in [2.75, 3.05) is 0 Å². The lowest BCUT2D eigenvalue weighted by molar-refractivity contribution is 0.871. The van der Waals surface area contributed by atoms with Crippen LogP contribution in [0.2, 0.25) is 0 Å². The molecule has 1 atom stereocenters. The maximum atomic E-state index is 6.31. The molecule has 6 heteroatoms. The van der Waals surface area contributed by atoms with Crippen molar-refractivity contribution < 1.29 is 0 Å². The van der Waals surface area contributed by atoms with E-state index in [9.17, 15) is 0 Å². The van der Waals surface area contributed by atoms with Crippen LogP contribution in [0.4, 0.5) is 0 Å². The molecular formula is C14H11Br2N3S. The highest BCUT2D eigenvalue weighted by Gasteiger charge is 2.15. The highest BCUT2D eigenvalue weighted by Crippen LogP contribution is 2.36. The molecule has 0 saturated carbocycles. The van der Waals surface area contributed by atoms with Crippen molar-refractivity contribution in [2.45, 2.75) is 6.04 Å². The molecule has 2 heterocycles. The van der Waals surface area contributed by atoms with Crippen LogP contribution in [0.3, 0.4) is 0 Å². The summed E-state index contributed by atoms with van der Waals surface area (Å²) in [5.41, 5.74) is 8.33. The van der Waals surface area contributed by atoms with Crippen molar-refractivity contribution in [3.8, 4) is 5.69 Å². The third-order valence-corrected chi connectivity index (χ3v) is 6.29. The van der Waals surface area contributed by atoms with Gasteiger partial charge in [0.05, 0.1) is 21.7 Å². The van der Waals surface area contributed by atoms with Crippen LogP contribution in [-0.4, -0.2) is 9.78 Å². The van der Waals surface area contributed by atoms with Crippen molar-refractivity contribution in [1.29, 1.82) is 0 Å².